The van der Waals surface area contributed by atoms with Crippen LogP contribution >= 0.6 is 0 Å². The molecule has 0 saturated carbocycles. The van der Waals surface area contributed by atoms with Crippen LogP contribution in [-0.2, 0) is 19.2 Å². The van der Waals surface area contributed by atoms with E-state index in [1.165, 1.54) is 25.7 Å². The van der Waals surface area contributed by atoms with Crippen LogP contribution in [-0.4, -0.2) is 54.8 Å². The van der Waals surface area contributed by atoms with Gasteiger partial charge in [-0.3, -0.25) is 19.2 Å². The molecule has 0 radical (unpaired) electrons. The van der Waals surface area contributed by atoms with Crippen molar-refractivity contribution in [3.8, 4) is 0 Å². The van der Waals surface area contributed by atoms with Crippen molar-refractivity contribution in [3.05, 3.63) is 0 Å². The number of carbonyl (C=O) groups is 4. The van der Waals surface area contributed by atoms with E-state index in [9.17, 15) is 19.2 Å². The lowest BCUT2D eigenvalue weighted by Gasteiger charge is -2.27. The molecule has 34 heavy (non-hydrogen) atoms. The highest BCUT2D eigenvalue weighted by molar-refractivity contribution is 5.94. The van der Waals surface area contributed by atoms with E-state index >= 15 is 0 Å². The lowest BCUT2D eigenvalue weighted by Crippen LogP contribution is -2.56. The fraction of sp³-hybridized carbons (Fsp3) is 0.840. The molecule has 9 nitrogen and oxygen atoms in total. The second kappa shape index (κ2) is 17.3. The summed E-state index contributed by atoms with van der Waals surface area (Å²) in [6.07, 6.45) is 10.6. The van der Waals surface area contributed by atoms with Crippen LogP contribution in [0.15, 0.2) is 0 Å². The lowest BCUT2D eigenvalue weighted by molar-refractivity contribution is -0.133. The third-order valence-corrected chi connectivity index (χ3v) is 6.23. The van der Waals surface area contributed by atoms with E-state index in [2.05, 4.69) is 28.2 Å². The molecule has 1 aliphatic heterocycles. The Kier molecular flexibility index (Phi) is 15.2. The molecule has 0 aromatic carbocycles. The summed E-state index contributed by atoms with van der Waals surface area (Å²) in [5, 5.41) is 11.1. The first-order valence-electron chi connectivity index (χ1n) is 13.1. The van der Waals surface area contributed by atoms with Crippen molar-refractivity contribution < 1.29 is 19.2 Å². The third kappa shape index (κ3) is 12.3. The summed E-state index contributed by atoms with van der Waals surface area (Å²) >= 11 is 0. The molecule has 9 heteroatoms. The van der Waals surface area contributed by atoms with Gasteiger partial charge in [0, 0.05) is 12.5 Å². The van der Waals surface area contributed by atoms with Crippen molar-refractivity contribution >= 4 is 23.6 Å². The molecule has 1 heterocycles. The smallest absolute Gasteiger partial charge is 0.243 e. The van der Waals surface area contributed by atoms with E-state index in [-0.39, 0.29) is 36.7 Å². The largest absolute Gasteiger partial charge is 0.351 e. The van der Waals surface area contributed by atoms with Crippen LogP contribution < -0.4 is 27.0 Å². The minimum absolute atomic E-state index is 0.105. The molecule has 1 aliphatic rings. The van der Waals surface area contributed by atoms with Gasteiger partial charge in [0.25, 0.3) is 0 Å². The van der Waals surface area contributed by atoms with Gasteiger partial charge in [0.15, 0.2) is 0 Å². The normalized spacial score (nSPS) is 22.7. The van der Waals surface area contributed by atoms with Gasteiger partial charge in [-0.05, 0) is 38.1 Å². The Hall–Kier alpha value is -2.16. The summed E-state index contributed by atoms with van der Waals surface area (Å²) in [4.78, 5) is 50.9. The highest BCUT2D eigenvalue weighted by atomic mass is 16.2. The summed E-state index contributed by atoms with van der Waals surface area (Å²) in [5.74, 6) is -1.56. The summed E-state index contributed by atoms with van der Waals surface area (Å²) < 4.78 is 0. The van der Waals surface area contributed by atoms with Gasteiger partial charge < -0.3 is 27.0 Å². The minimum Gasteiger partial charge on any atom is -0.351 e. The number of hydrogen-bond acceptors (Lipinski definition) is 5. The van der Waals surface area contributed by atoms with Crippen molar-refractivity contribution in [1.82, 2.24) is 21.3 Å². The SMILES string of the molecule is CCCCCCCCC[C@H]1CC(=O)NCC(=O)N[C@@H](CCCCN)C(=O)N[C@@H](C(C)C)C(=O)N1. The molecular weight excluding hydrogens is 434 g/mol. The van der Waals surface area contributed by atoms with Crippen molar-refractivity contribution in [2.45, 2.75) is 116 Å². The van der Waals surface area contributed by atoms with Crippen molar-refractivity contribution in [1.29, 1.82) is 0 Å². The third-order valence-electron chi connectivity index (χ3n) is 6.23. The molecule has 1 saturated heterocycles. The number of carbonyl (C=O) groups excluding carboxylic acids is 4. The number of hydrogen-bond donors (Lipinski definition) is 5. The molecule has 3 atom stereocenters. The van der Waals surface area contributed by atoms with Crippen LogP contribution in [0.3, 0.4) is 0 Å². The number of rotatable bonds is 13. The zero-order valence-corrected chi connectivity index (χ0v) is 21.4. The average Bonchev–Trinajstić information content (AvgIpc) is 2.79. The Morgan fingerprint density at radius 2 is 1.44 bits per heavy atom. The summed E-state index contributed by atoms with van der Waals surface area (Å²) in [6.45, 7) is 6.21. The van der Waals surface area contributed by atoms with Gasteiger partial charge in [-0.25, -0.2) is 0 Å². The number of amides is 4. The average molecular weight is 482 g/mol. The number of nitrogens with two attached hydrogens (primary N) is 1. The minimum atomic E-state index is -0.783. The van der Waals surface area contributed by atoms with Crippen molar-refractivity contribution in [3.63, 3.8) is 0 Å². The molecule has 0 aromatic heterocycles. The predicted molar refractivity (Wildman–Crippen MR) is 134 cm³/mol. The molecule has 1 fully saturated rings. The fourth-order valence-corrected chi connectivity index (χ4v) is 4.13. The Morgan fingerprint density at radius 1 is 0.794 bits per heavy atom. The predicted octanol–water partition coefficient (Wildman–Crippen LogP) is 1.89. The topological polar surface area (TPSA) is 142 Å². The maximum Gasteiger partial charge on any atom is 0.243 e. The zero-order chi connectivity index (χ0) is 25.3. The van der Waals surface area contributed by atoms with E-state index in [1.807, 2.05) is 13.8 Å². The molecule has 196 valence electrons. The molecule has 0 spiro atoms. The number of nitrogens with one attached hydrogen (secondary N) is 4. The highest BCUT2D eigenvalue weighted by Gasteiger charge is 2.30. The molecule has 0 aromatic rings. The summed E-state index contributed by atoms with van der Waals surface area (Å²) in [5.41, 5.74) is 5.55. The first-order chi connectivity index (χ1) is 16.3. The Bertz CT molecular complexity index is 641. The van der Waals surface area contributed by atoms with E-state index in [0.717, 1.165) is 25.7 Å². The Morgan fingerprint density at radius 3 is 2.09 bits per heavy atom. The zero-order valence-electron chi connectivity index (χ0n) is 21.4. The molecule has 0 bridgehead atoms. The van der Waals surface area contributed by atoms with Crippen LogP contribution in [0.25, 0.3) is 0 Å². The lowest BCUT2D eigenvalue weighted by atomic mass is 9.99. The fourth-order valence-electron chi connectivity index (χ4n) is 4.13. The highest BCUT2D eigenvalue weighted by Crippen LogP contribution is 2.13. The molecule has 4 amide bonds. The number of unbranched alkanes of at least 4 members (excludes halogenated alkanes) is 7. The van der Waals surface area contributed by atoms with Crippen LogP contribution in [0.1, 0.15) is 97.8 Å². The van der Waals surface area contributed by atoms with E-state index in [4.69, 9.17) is 5.73 Å². The second-order valence-electron chi connectivity index (χ2n) is 9.73. The maximum absolute atomic E-state index is 13.1. The van der Waals surface area contributed by atoms with Crippen molar-refractivity contribution in [2.24, 2.45) is 11.7 Å². The first-order valence-corrected chi connectivity index (χ1v) is 13.1. The van der Waals surface area contributed by atoms with Crippen LogP contribution in [0.5, 0.6) is 0 Å². The van der Waals surface area contributed by atoms with E-state index in [1.54, 1.807) is 0 Å². The second-order valence-corrected chi connectivity index (χ2v) is 9.73. The van der Waals surface area contributed by atoms with E-state index < -0.39 is 23.9 Å². The standard InChI is InChI=1S/C25H47N5O4/c1-4-5-6-7-8-9-10-13-19-16-21(31)27-17-22(32)29-20(14-11-12-15-26)24(33)30-23(18(2)3)25(34)28-19/h18-20,23H,4-17,26H2,1-3H3,(H,27,31)(H,28,34)(H,29,32)(H,30,33)/t19-,20-,23-/m0/s1. The quantitative estimate of drug-likeness (QED) is 0.255. The summed E-state index contributed by atoms with van der Waals surface area (Å²) in [6, 6.07) is -1.87. The monoisotopic (exact) mass is 481 g/mol. The molecule has 6 N–H and O–H groups in total. The van der Waals surface area contributed by atoms with Gasteiger partial charge in [0.2, 0.25) is 23.6 Å². The van der Waals surface area contributed by atoms with Gasteiger partial charge in [-0.15, -0.1) is 0 Å². The van der Waals surface area contributed by atoms with Gasteiger partial charge >= 0.3 is 0 Å². The van der Waals surface area contributed by atoms with Crippen LogP contribution in [0, 0.1) is 5.92 Å². The molecule has 0 aliphatic carbocycles. The molecular formula is C25H47N5O4. The first kappa shape index (κ1) is 29.9. The molecule has 1 rings (SSSR count). The van der Waals surface area contributed by atoms with Crippen molar-refractivity contribution in [2.75, 3.05) is 13.1 Å². The summed E-state index contributed by atoms with van der Waals surface area (Å²) in [7, 11) is 0. The van der Waals surface area contributed by atoms with Gasteiger partial charge in [-0.2, -0.15) is 0 Å². The maximum atomic E-state index is 13.1. The van der Waals surface area contributed by atoms with E-state index in [0.29, 0.717) is 25.8 Å². The molecule has 0 unspecified atom stereocenters. The van der Waals surface area contributed by atoms with Gasteiger partial charge in [0.1, 0.15) is 12.1 Å². The van der Waals surface area contributed by atoms with Crippen LogP contribution in [0.2, 0.25) is 0 Å². The van der Waals surface area contributed by atoms with Gasteiger partial charge in [0.05, 0.1) is 6.54 Å². The Balaban J connectivity index is 2.86. The van der Waals surface area contributed by atoms with Crippen LogP contribution in [0.4, 0.5) is 0 Å². The Labute approximate surface area is 205 Å². The van der Waals surface area contributed by atoms with Gasteiger partial charge in [-0.1, -0.05) is 65.7 Å².